The van der Waals surface area contributed by atoms with E-state index in [1.54, 1.807) is 12.1 Å². The van der Waals surface area contributed by atoms with Crippen molar-refractivity contribution in [1.82, 2.24) is 5.32 Å². The summed E-state index contributed by atoms with van der Waals surface area (Å²) < 4.78 is 29.3. The average Bonchev–Trinajstić information content (AvgIpc) is 3.20. The average molecular weight is 285 g/mol. The molecule has 106 valence electrons. The number of rotatable bonds is 7. The molecule has 0 bridgehead atoms. The van der Waals surface area contributed by atoms with E-state index in [1.165, 1.54) is 19.2 Å². The lowest BCUT2D eigenvalue weighted by molar-refractivity contribution is 0.193. The minimum atomic E-state index is -3.49. The van der Waals surface area contributed by atoms with Crippen molar-refractivity contribution >= 4 is 9.84 Å². The highest BCUT2D eigenvalue weighted by Gasteiger charge is 2.24. The molecule has 5 nitrogen and oxygen atoms in total. The van der Waals surface area contributed by atoms with Crippen molar-refractivity contribution in [3.05, 3.63) is 24.3 Å². The zero-order chi connectivity index (χ0) is 13.9. The van der Waals surface area contributed by atoms with E-state index in [0.29, 0.717) is 18.3 Å². The van der Waals surface area contributed by atoms with Gasteiger partial charge in [0.1, 0.15) is 5.75 Å². The van der Waals surface area contributed by atoms with Crippen molar-refractivity contribution in [2.45, 2.75) is 29.9 Å². The maximum absolute atomic E-state index is 12.1. The van der Waals surface area contributed by atoms with Crippen LogP contribution < -0.4 is 10.1 Å². The maximum atomic E-state index is 12.1. The second kappa shape index (κ2) is 5.90. The van der Waals surface area contributed by atoms with Crippen LogP contribution in [0.4, 0.5) is 0 Å². The Kier molecular flexibility index (Phi) is 4.44. The van der Waals surface area contributed by atoms with E-state index in [0.717, 1.165) is 12.8 Å². The molecule has 0 aromatic heterocycles. The quantitative estimate of drug-likeness (QED) is 0.766. The molecule has 2 rings (SSSR count). The lowest BCUT2D eigenvalue weighted by atomic mass is 10.3. The molecule has 1 aromatic carbocycles. The number of hydrogen-bond acceptors (Lipinski definition) is 5. The van der Waals surface area contributed by atoms with Gasteiger partial charge in [-0.3, -0.25) is 0 Å². The molecule has 1 saturated carbocycles. The molecule has 1 aliphatic carbocycles. The Bertz CT molecular complexity index is 525. The Balaban J connectivity index is 1.99. The number of benzene rings is 1. The van der Waals surface area contributed by atoms with Crippen LogP contribution in [0.1, 0.15) is 12.8 Å². The van der Waals surface area contributed by atoms with E-state index in [1.807, 2.05) is 0 Å². The lowest BCUT2D eigenvalue weighted by Gasteiger charge is -2.12. The fourth-order valence-corrected chi connectivity index (χ4v) is 3.19. The van der Waals surface area contributed by atoms with Crippen LogP contribution in [0.3, 0.4) is 0 Å². The molecule has 0 heterocycles. The van der Waals surface area contributed by atoms with Gasteiger partial charge in [0.25, 0.3) is 0 Å². The second-order valence-electron chi connectivity index (χ2n) is 4.80. The van der Waals surface area contributed by atoms with E-state index in [-0.39, 0.29) is 10.6 Å². The standard InChI is InChI=1S/C13H19NO4S/c1-18-12-3-2-4-13(7-12)19(16,17)9-11(15)8-14-10-5-6-10/h2-4,7,10-11,14-15H,5-6,8-9H2,1H3. The van der Waals surface area contributed by atoms with Crippen molar-refractivity contribution in [3.63, 3.8) is 0 Å². The molecule has 1 aliphatic rings. The zero-order valence-corrected chi connectivity index (χ0v) is 11.7. The van der Waals surface area contributed by atoms with Crippen LogP contribution >= 0.6 is 0 Å². The molecule has 1 unspecified atom stereocenters. The van der Waals surface area contributed by atoms with Crippen LogP contribution in [0, 0.1) is 0 Å². The Hall–Kier alpha value is -1.11. The first-order valence-corrected chi connectivity index (χ1v) is 7.95. The monoisotopic (exact) mass is 285 g/mol. The number of nitrogens with one attached hydrogen (secondary N) is 1. The van der Waals surface area contributed by atoms with E-state index in [2.05, 4.69) is 5.32 Å². The van der Waals surface area contributed by atoms with Gasteiger partial charge in [0, 0.05) is 12.6 Å². The van der Waals surface area contributed by atoms with Crippen LogP contribution in [-0.2, 0) is 9.84 Å². The summed E-state index contributed by atoms with van der Waals surface area (Å²) in [6.07, 6.45) is 1.32. The molecule has 2 N–H and O–H groups in total. The summed E-state index contributed by atoms with van der Waals surface area (Å²) in [6, 6.07) is 6.74. The number of aliphatic hydroxyl groups excluding tert-OH is 1. The minimum Gasteiger partial charge on any atom is -0.497 e. The van der Waals surface area contributed by atoms with Crippen LogP contribution in [0.15, 0.2) is 29.2 Å². The van der Waals surface area contributed by atoms with Crippen LogP contribution in [-0.4, -0.2) is 45.1 Å². The second-order valence-corrected chi connectivity index (χ2v) is 6.83. The van der Waals surface area contributed by atoms with Gasteiger partial charge in [-0.25, -0.2) is 8.42 Å². The normalized spacial score (nSPS) is 17.2. The van der Waals surface area contributed by atoms with Crippen LogP contribution in [0.2, 0.25) is 0 Å². The zero-order valence-electron chi connectivity index (χ0n) is 10.9. The number of hydrogen-bond donors (Lipinski definition) is 2. The van der Waals surface area contributed by atoms with Gasteiger partial charge in [-0.05, 0) is 31.0 Å². The van der Waals surface area contributed by atoms with Crippen LogP contribution in [0.25, 0.3) is 0 Å². The number of sulfone groups is 1. The van der Waals surface area contributed by atoms with Crippen molar-refractivity contribution < 1.29 is 18.3 Å². The third-order valence-corrected chi connectivity index (χ3v) is 4.83. The molecule has 19 heavy (non-hydrogen) atoms. The summed E-state index contributed by atoms with van der Waals surface area (Å²) >= 11 is 0. The SMILES string of the molecule is COc1cccc(S(=O)(=O)CC(O)CNC2CC2)c1. The van der Waals surface area contributed by atoms with E-state index in [9.17, 15) is 13.5 Å². The third kappa shape index (κ3) is 4.19. The topological polar surface area (TPSA) is 75.6 Å². The summed E-state index contributed by atoms with van der Waals surface area (Å²) in [4.78, 5) is 0.178. The molecule has 6 heteroatoms. The molecule has 0 amide bonds. The Morgan fingerprint density at radius 1 is 1.47 bits per heavy atom. The molecule has 0 aliphatic heterocycles. The summed E-state index contributed by atoms with van der Waals surface area (Å²) in [7, 11) is -2.00. The molecule has 1 atom stereocenters. The molecule has 1 aromatic rings. The first kappa shape index (κ1) is 14.3. The van der Waals surface area contributed by atoms with Gasteiger partial charge >= 0.3 is 0 Å². The first-order valence-electron chi connectivity index (χ1n) is 6.29. The van der Waals surface area contributed by atoms with Crippen molar-refractivity contribution in [2.75, 3.05) is 19.4 Å². The van der Waals surface area contributed by atoms with Gasteiger partial charge < -0.3 is 15.2 Å². The third-order valence-electron chi connectivity index (χ3n) is 3.03. The number of ether oxygens (including phenoxy) is 1. The fraction of sp³-hybridized carbons (Fsp3) is 0.538. The van der Waals surface area contributed by atoms with Gasteiger partial charge in [-0.2, -0.15) is 0 Å². The molecular weight excluding hydrogens is 266 g/mol. The number of methoxy groups -OCH3 is 1. The molecular formula is C13H19NO4S. The molecule has 1 fully saturated rings. The highest BCUT2D eigenvalue weighted by atomic mass is 32.2. The molecule has 0 saturated heterocycles. The molecule has 0 radical (unpaired) electrons. The Morgan fingerprint density at radius 2 is 2.21 bits per heavy atom. The minimum absolute atomic E-state index is 0.178. The van der Waals surface area contributed by atoms with Gasteiger partial charge in [0.15, 0.2) is 9.84 Å². The highest BCUT2D eigenvalue weighted by Crippen LogP contribution is 2.20. The van der Waals surface area contributed by atoms with Gasteiger partial charge in [-0.1, -0.05) is 6.07 Å². The van der Waals surface area contributed by atoms with Gasteiger partial charge in [0.05, 0.1) is 23.9 Å². The summed E-state index contributed by atoms with van der Waals surface area (Å²) in [5, 5.41) is 12.9. The summed E-state index contributed by atoms with van der Waals surface area (Å²) in [5.41, 5.74) is 0. The van der Waals surface area contributed by atoms with Gasteiger partial charge in [0.2, 0.25) is 0 Å². The summed E-state index contributed by atoms with van der Waals surface area (Å²) in [5.74, 6) is 0.214. The summed E-state index contributed by atoms with van der Waals surface area (Å²) in [6.45, 7) is 0.313. The number of aliphatic hydroxyl groups is 1. The predicted octanol–water partition coefficient (Wildman–Crippen LogP) is 0.582. The van der Waals surface area contributed by atoms with E-state index < -0.39 is 15.9 Å². The van der Waals surface area contributed by atoms with E-state index >= 15 is 0 Å². The van der Waals surface area contributed by atoms with Crippen molar-refractivity contribution in [3.8, 4) is 5.75 Å². The largest absolute Gasteiger partial charge is 0.497 e. The maximum Gasteiger partial charge on any atom is 0.181 e. The Labute approximate surface area is 113 Å². The molecule has 0 spiro atoms. The first-order chi connectivity index (χ1) is 9.01. The highest BCUT2D eigenvalue weighted by molar-refractivity contribution is 7.91. The lowest BCUT2D eigenvalue weighted by Crippen LogP contribution is -2.33. The van der Waals surface area contributed by atoms with Gasteiger partial charge in [-0.15, -0.1) is 0 Å². The van der Waals surface area contributed by atoms with Crippen LogP contribution in [0.5, 0.6) is 5.75 Å². The fourth-order valence-electron chi connectivity index (χ4n) is 1.79. The Morgan fingerprint density at radius 3 is 2.84 bits per heavy atom. The van der Waals surface area contributed by atoms with E-state index in [4.69, 9.17) is 4.74 Å². The van der Waals surface area contributed by atoms with Crippen molar-refractivity contribution in [1.29, 1.82) is 0 Å². The smallest absolute Gasteiger partial charge is 0.181 e. The van der Waals surface area contributed by atoms with Crippen molar-refractivity contribution in [2.24, 2.45) is 0 Å². The predicted molar refractivity (Wildman–Crippen MR) is 72.1 cm³/mol.